The predicted molar refractivity (Wildman–Crippen MR) is 104 cm³/mol. The molecule has 2 aromatic rings. The van der Waals surface area contributed by atoms with E-state index in [9.17, 15) is 0 Å². The van der Waals surface area contributed by atoms with E-state index in [1.807, 2.05) is 18.2 Å². The quantitative estimate of drug-likeness (QED) is 0.593. The van der Waals surface area contributed by atoms with E-state index in [1.165, 1.54) is 24.8 Å². The minimum Gasteiger partial charge on any atom is -0.296 e. The summed E-state index contributed by atoms with van der Waals surface area (Å²) < 4.78 is 0. The minimum absolute atomic E-state index is 0.409. The monoisotopic (exact) mass is 319 g/mol. The minimum atomic E-state index is 0.409. The van der Waals surface area contributed by atoms with Crippen LogP contribution in [0.1, 0.15) is 56.7 Å². The molecule has 0 saturated heterocycles. The van der Waals surface area contributed by atoms with E-state index in [0.29, 0.717) is 12.1 Å². The van der Waals surface area contributed by atoms with Crippen molar-refractivity contribution in [1.29, 1.82) is 0 Å². The van der Waals surface area contributed by atoms with Crippen LogP contribution in [0, 0.1) is 11.8 Å². The Morgan fingerprint density at radius 3 is 2.21 bits per heavy atom. The Balaban J connectivity index is 2.05. The zero-order valence-corrected chi connectivity index (χ0v) is 15.2. The number of rotatable bonds is 7. The Kier molecular flexibility index (Phi) is 7.59. The number of benzene rings is 2. The van der Waals surface area contributed by atoms with E-state index in [1.54, 1.807) is 0 Å². The highest BCUT2D eigenvalue weighted by molar-refractivity contribution is 5.33. The fourth-order valence-corrected chi connectivity index (χ4v) is 2.96. The second kappa shape index (κ2) is 9.96. The number of hydrogen-bond donors (Lipinski definition) is 0. The first kappa shape index (κ1) is 18.3. The summed E-state index contributed by atoms with van der Waals surface area (Å²) in [6, 6.07) is 21.9. The van der Waals surface area contributed by atoms with Gasteiger partial charge in [-0.05, 0) is 38.1 Å². The third kappa shape index (κ3) is 5.55. The Bertz CT molecular complexity index is 636. The third-order valence-electron chi connectivity index (χ3n) is 4.70. The van der Waals surface area contributed by atoms with Crippen LogP contribution in [0.5, 0.6) is 0 Å². The third-order valence-corrected chi connectivity index (χ3v) is 4.70. The molecule has 0 amide bonds. The van der Waals surface area contributed by atoms with Crippen LogP contribution in [0.15, 0.2) is 60.7 Å². The fourth-order valence-electron chi connectivity index (χ4n) is 2.96. The molecule has 0 heterocycles. The largest absolute Gasteiger partial charge is 0.296 e. The number of nitrogens with zero attached hydrogens (tertiary/aromatic N) is 1. The Morgan fingerprint density at radius 2 is 1.58 bits per heavy atom. The van der Waals surface area contributed by atoms with Crippen LogP contribution in [0.2, 0.25) is 0 Å². The molecular weight excluding hydrogens is 290 g/mol. The highest BCUT2D eigenvalue weighted by Gasteiger charge is 2.19. The standard InChI is InChI=1S/C23H29N/c1-4-5-18-23(19-12-15-21-13-8-6-9-14-21)24(3)20(2)22-16-10-7-11-17-22/h6-11,13-14,16-17,20,23H,4-5,18-19H2,1-3H3/t20-,23+/m1/s1. The second-order valence-electron chi connectivity index (χ2n) is 6.42. The lowest BCUT2D eigenvalue weighted by Crippen LogP contribution is -2.33. The van der Waals surface area contributed by atoms with Gasteiger partial charge in [0.2, 0.25) is 0 Å². The van der Waals surface area contributed by atoms with Gasteiger partial charge in [0.15, 0.2) is 0 Å². The maximum atomic E-state index is 3.41. The summed E-state index contributed by atoms with van der Waals surface area (Å²) in [6.45, 7) is 4.55. The summed E-state index contributed by atoms with van der Waals surface area (Å²) in [6.07, 6.45) is 4.61. The highest BCUT2D eigenvalue weighted by atomic mass is 15.2. The van der Waals surface area contributed by atoms with E-state index >= 15 is 0 Å². The van der Waals surface area contributed by atoms with Gasteiger partial charge in [-0.15, -0.1) is 0 Å². The van der Waals surface area contributed by atoms with Crippen LogP contribution < -0.4 is 0 Å². The van der Waals surface area contributed by atoms with Gasteiger partial charge < -0.3 is 0 Å². The molecule has 0 radical (unpaired) electrons. The van der Waals surface area contributed by atoms with Crippen LogP contribution >= 0.6 is 0 Å². The fraction of sp³-hybridized carbons (Fsp3) is 0.391. The van der Waals surface area contributed by atoms with Crippen molar-refractivity contribution in [3.63, 3.8) is 0 Å². The Labute approximate surface area is 147 Å². The topological polar surface area (TPSA) is 3.24 Å². The van der Waals surface area contributed by atoms with Crippen LogP contribution in [0.25, 0.3) is 0 Å². The van der Waals surface area contributed by atoms with Crippen LogP contribution in [0.3, 0.4) is 0 Å². The zero-order chi connectivity index (χ0) is 17.2. The second-order valence-corrected chi connectivity index (χ2v) is 6.42. The first-order chi connectivity index (χ1) is 11.7. The maximum absolute atomic E-state index is 3.41. The van der Waals surface area contributed by atoms with Gasteiger partial charge in [-0.3, -0.25) is 4.90 Å². The molecule has 0 unspecified atom stereocenters. The molecular formula is C23H29N. The highest BCUT2D eigenvalue weighted by Crippen LogP contribution is 2.24. The lowest BCUT2D eigenvalue weighted by Gasteiger charge is -2.32. The first-order valence-electron chi connectivity index (χ1n) is 9.03. The van der Waals surface area contributed by atoms with Crippen molar-refractivity contribution in [1.82, 2.24) is 4.90 Å². The predicted octanol–water partition coefficient (Wildman–Crippen LogP) is 5.68. The summed E-state index contributed by atoms with van der Waals surface area (Å²) in [5.74, 6) is 6.71. The lowest BCUT2D eigenvalue weighted by molar-refractivity contribution is 0.175. The molecule has 126 valence electrons. The molecule has 0 aromatic heterocycles. The maximum Gasteiger partial charge on any atom is 0.0320 e. The Hall–Kier alpha value is -2.04. The molecule has 0 aliphatic carbocycles. The molecule has 0 fully saturated rings. The van der Waals surface area contributed by atoms with E-state index in [0.717, 1.165) is 12.0 Å². The summed E-state index contributed by atoms with van der Waals surface area (Å²) >= 11 is 0. The van der Waals surface area contributed by atoms with Crippen molar-refractivity contribution >= 4 is 0 Å². The molecule has 1 heteroatoms. The molecule has 1 nitrogen and oxygen atoms in total. The summed E-state index contributed by atoms with van der Waals surface area (Å²) in [5, 5.41) is 0. The van der Waals surface area contributed by atoms with Crippen molar-refractivity contribution in [3.05, 3.63) is 71.8 Å². The van der Waals surface area contributed by atoms with Gasteiger partial charge in [0.1, 0.15) is 0 Å². The Morgan fingerprint density at radius 1 is 0.958 bits per heavy atom. The number of hydrogen-bond acceptors (Lipinski definition) is 1. The van der Waals surface area contributed by atoms with E-state index in [4.69, 9.17) is 0 Å². The van der Waals surface area contributed by atoms with Gasteiger partial charge in [0.05, 0.1) is 0 Å². The average molecular weight is 319 g/mol. The van der Waals surface area contributed by atoms with Gasteiger partial charge in [0.25, 0.3) is 0 Å². The molecule has 24 heavy (non-hydrogen) atoms. The van der Waals surface area contributed by atoms with Crippen molar-refractivity contribution in [2.45, 2.75) is 51.6 Å². The molecule has 0 aliphatic rings. The SMILES string of the molecule is CCCC[C@@H](CC#Cc1ccccc1)N(C)[C@H](C)c1ccccc1. The van der Waals surface area contributed by atoms with E-state index < -0.39 is 0 Å². The number of unbranched alkanes of at least 4 members (excludes halogenated alkanes) is 1. The van der Waals surface area contributed by atoms with Gasteiger partial charge >= 0.3 is 0 Å². The van der Waals surface area contributed by atoms with Crippen molar-refractivity contribution in [3.8, 4) is 11.8 Å². The van der Waals surface area contributed by atoms with Gasteiger partial charge in [-0.25, -0.2) is 0 Å². The van der Waals surface area contributed by atoms with Crippen molar-refractivity contribution in [2.24, 2.45) is 0 Å². The van der Waals surface area contributed by atoms with Crippen molar-refractivity contribution < 1.29 is 0 Å². The smallest absolute Gasteiger partial charge is 0.0320 e. The van der Waals surface area contributed by atoms with Crippen LogP contribution in [-0.4, -0.2) is 18.0 Å². The lowest BCUT2D eigenvalue weighted by atomic mass is 10.0. The van der Waals surface area contributed by atoms with Crippen LogP contribution in [0.4, 0.5) is 0 Å². The molecule has 0 bridgehead atoms. The van der Waals surface area contributed by atoms with Crippen LogP contribution in [-0.2, 0) is 0 Å². The molecule has 0 aliphatic heterocycles. The van der Waals surface area contributed by atoms with Gasteiger partial charge in [-0.1, -0.05) is 80.1 Å². The zero-order valence-electron chi connectivity index (χ0n) is 15.2. The molecule has 0 N–H and O–H groups in total. The van der Waals surface area contributed by atoms with Crippen molar-refractivity contribution in [2.75, 3.05) is 7.05 Å². The summed E-state index contributed by atoms with van der Waals surface area (Å²) in [5.41, 5.74) is 2.48. The normalized spacial score (nSPS) is 13.2. The van der Waals surface area contributed by atoms with E-state index in [-0.39, 0.29) is 0 Å². The average Bonchev–Trinajstić information content (AvgIpc) is 2.65. The molecule has 0 saturated carbocycles. The summed E-state index contributed by atoms with van der Waals surface area (Å²) in [7, 11) is 2.24. The summed E-state index contributed by atoms with van der Waals surface area (Å²) in [4.78, 5) is 2.49. The molecule has 2 atom stereocenters. The van der Waals surface area contributed by atoms with Gasteiger partial charge in [0, 0.05) is 24.1 Å². The molecule has 2 aromatic carbocycles. The molecule has 2 rings (SSSR count). The van der Waals surface area contributed by atoms with Gasteiger partial charge in [-0.2, -0.15) is 0 Å². The molecule has 0 spiro atoms. The first-order valence-corrected chi connectivity index (χ1v) is 9.03. The van der Waals surface area contributed by atoms with E-state index in [2.05, 4.69) is 80.1 Å².